The van der Waals surface area contributed by atoms with E-state index in [-0.39, 0.29) is 0 Å². The average molecular weight is 252 g/mol. The standard InChI is InChI=1S/C12H14ClN3O/c1-17-12-5-3-2-4-10(12)8-16-9-11(6-7-13)14-15-16/h2-5,9H,6-8H2,1H3. The minimum Gasteiger partial charge on any atom is -0.496 e. The van der Waals surface area contributed by atoms with Crippen LogP contribution in [0.4, 0.5) is 0 Å². The zero-order valence-electron chi connectivity index (χ0n) is 9.64. The van der Waals surface area contributed by atoms with Crippen LogP contribution in [0.25, 0.3) is 0 Å². The van der Waals surface area contributed by atoms with Crippen molar-refractivity contribution in [2.75, 3.05) is 13.0 Å². The quantitative estimate of drug-likeness (QED) is 0.765. The van der Waals surface area contributed by atoms with Crippen LogP contribution in [0.1, 0.15) is 11.3 Å². The van der Waals surface area contributed by atoms with Crippen molar-refractivity contribution in [3.8, 4) is 5.75 Å². The predicted molar refractivity (Wildman–Crippen MR) is 66.5 cm³/mol. The lowest BCUT2D eigenvalue weighted by Crippen LogP contribution is -2.02. The van der Waals surface area contributed by atoms with Gasteiger partial charge in [0.25, 0.3) is 0 Å². The number of alkyl halides is 1. The molecule has 1 aromatic heterocycles. The Bertz CT molecular complexity index is 484. The summed E-state index contributed by atoms with van der Waals surface area (Å²) >= 11 is 5.66. The van der Waals surface area contributed by atoms with Crippen LogP contribution < -0.4 is 4.74 Å². The van der Waals surface area contributed by atoms with Crippen LogP contribution in [0.2, 0.25) is 0 Å². The van der Waals surface area contributed by atoms with Crippen LogP contribution in [0, 0.1) is 0 Å². The number of nitrogens with zero attached hydrogens (tertiary/aromatic N) is 3. The summed E-state index contributed by atoms with van der Waals surface area (Å²) in [4.78, 5) is 0. The first-order valence-electron chi connectivity index (χ1n) is 5.40. The van der Waals surface area contributed by atoms with Gasteiger partial charge in [0.15, 0.2) is 0 Å². The highest BCUT2D eigenvalue weighted by Crippen LogP contribution is 2.18. The maximum atomic E-state index is 5.66. The fraction of sp³-hybridized carbons (Fsp3) is 0.333. The van der Waals surface area contributed by atoms with E-state index in [1.807, 2.05) is 30.5 Å². The number of halogens is 1. The van der Waals surface area contributed by atoms with Crippen LogP contribution in [-0.2, 0) is 13.0 Å². The Labute approximate surface area is 105 Å². The van der Waals surface area contributed by atoms with E-state index in [4.69, 9.17) is 16.3 Å². The summed E-state index contributed by atoms with van der Waals surface area (Å²) < 4.78 is 7.08. The highest BCUT2D eigenvalue weighted by atomic mass is 35.5. The van der Waals surface area contributed by atoms with E-state index in [0.717, 1.165) is 23.4 Å². The molecule has 0 saturated heterocycles. The van der Waals surface area contributed by atoms with Gasteiger partial charge < -0.3 is 4.74 Å². The summed E-state index contributed by atoms with van der Waals surface area (Å²) in [6.07, 6.45) is 2.66. The lowest BCUT2D eigenvalue weighted by atomic mass is 10.2. The molecule has 1 aromatic carbocycles. The van der Waals surface area contributed by atoms with Crippen LogP contribution in [0.3, 0.4) is 0 Å². The molecule has 2 rings (SSSR count). The molecule has 0 aliphatic carbocycles. The highest BCUT2D eigenvalue weighted by molar-refractivity contribution is 6.17. The fourth-order valence-electron chi connectivity index (χ4n) is 1.64. The molecule has 0 bridgehead atoms. The Morgan fingerprint density at radius 3 is 2.94 bits per heavy atom. The first kappa shape index (κ1) is 11.9. The SMILES string of the molecule is COc1ccccc1Cn1cc(CCCl)nn1. The minimum absolute atomic E-state index is 0.563. The Morgan fingerprint density at radius 2 is 2.18 bits per heavy atom. The second-order valence-corrected chi connectivity index (χ2v) is 4.04. The minimum atomic E-state index is 0.563. The lowest BCUT2D eigenvalue weighted by Gasteiger charge is -2.07. The van der Waals surface area contributed by atoms with Crippen LogP contribution >= 0.6 is 11.6 Å². The number of hydrogen-bond donors (Lipinski definition) is 0. The van der Waals surface area contributed by atoms with Gasteiger partial charge in [-0.3, -0.25) is 0 Å². The molecule has 0 spiro atoms. The van der Waals surface area contributed by atoms with Crippen molar-refractivity contribution in [3.05, 3.63) is 41.7 Å². The molecule has 0 unspecified atom stereocenters. The monoisotopic (exact) mass is 251 g/mol. The molecule has 1 heterocycles. The van der Waals surface area contributed by atoms with Crippen molar-refractivity contribution in [2.24, 2.45) is 0 Å². The van der Waals surface area contributed by atoms with E-state index in [9.17, 15) is 0 Å². The van der Waals surface area contributed by atoms with Crippen molar-refractivity contribution in [3.63, 3.8) is 0 Å². The van der Waals surface area contributed by atoms with Crippen LogP contribution in [0.15, 0.2) is 30.5 Å². The molecule has 0 aliphatic heterocycles. The van der Waals surface area contributed by atoms with E-state index < -0.39 is 0 Å². The van der Waals surface area contributed by atoms with E-state index in [1.165, 1.54) is 0 Å². The van der Waals surface area contributed by atoms with E-state index in [1.54, 1.807) is 11.8 Å². The molecule has 2 aromatic rings. The van der Waals surface area contributed by atoms with E-state index in [0.29, 0.717) is 12.4 Å². The zero-order chi connectivity index (χ0) is 12.1. The lowest BCUT2D eigenvalue weighted by molar-refractivity contribution is 0.407. The summed E-state index contributed by atoms with van der Waals surface area (Å²) in [6, 6.07) is 7.88. The van der Waals surface area contributed by atoms with Gasteiger partial charge in [0.05, 0.1) is 19.3 Å². The van der Waals surface area contributed by atoms with Gasteiger partial charge in [-0.15, -0.1) is 16.7 Å². The molecule has 17 heavy (non-hydrogen) atoms. The fourth-order valence-corrected chi connectivity index (χ4v) is 1.83. The Balaban J connectivity index is 2.13. The Hall–Kier alpha value is -1.55. The Morgan fingerprint density at radius 1 is 1.35 bits per heavy atom. The maximum Gasteiger partial charge on any atom is 0.123 e. The number of aryl methyl sites for hydroxylation is 1. The summed E-state index contributed by atoms with van der Waals surface area (Å²) in [6.45, 7) is 0.652. The second-order valence-electron chi connectivity index (χ2n) is 3.66. The van der Waals surface area contributed by atoms with Gasteiger partial charge in [0.2, 0.25) is 0 Å². The predicted octanol–water partition coefficient (Wildman–Crippen LogP) is 2.12. The van der Waals surface area contributed by atoms with Crippen molar-refractivity contribution < 1.29 is 4.74 Å². The Kier molecular flexibility index (Phi) is 3.98. The number of benzene rings is 1. The molecular weight excluding hydrogens is 238 g/mol. The molecule has 0 aliphatic rings. The normalized spacial score (nSPS) is 10.5. The molecule has 5 heteroatoms. The summed E-state index contributed by atoms with van der Waals surface area (Å²) in [5.41, 5.74) is 1.99. The maximum absolute atomic E-state index is 5.66. The van der Waals surface area contributed by atoms with Gasteiger partial charge in [-0.2, -0.15) is 0 Å². The molecule has 0 saturated carbocycles. The van der Waals surface area contributed by atoms with Gasteiger partial charge in [-0.25, -0.2) is 4.68 Å². The largest absolute Gasteiger partial charge is 0.496 e. The second kappa shape index (κ2) is 5.68. The van der Waals surface area contributed by atoms with Crippen molar-refractivity contribution in [1.29, 1.82) is 0 Å². The topological polar surface area (TPSA) is 39.9 Å². The molecule has 0 atom stereocenters. The molecule has 0 fully saturated rings. The van der Waals surface area contributed by atoms with Crippen molar-refractivity contribution in [2.45, 2.75) is 13.0 Å². The first-order valence-corrected chi connectivity index (χ1v) is 5.94. The molecule has 0 radical (unpaired) electrons. The number of hydrogen-bond acceptors (Lipinski definition) is 3. The molecule has 0 amide bonds. The summed E-state index contributed by atoms with van der Waals surface area (Å²) in [7, 11) is 1.67. The van der Waals surface area contributed by atoms with Crippen LogP contribution in [0.5, 0.6) is 5.75 Å². The third-order valence-corrected chi connectivity index (χ3v) is 2.65. The number of para-hydroxylation sites is 1. The first-order chi connectivity index (χ1) is 8.33. The van der Waals surface area contributed by atoms with Gasteiger partial charge >= 0.3 is 0 Å². The van der Waals surface area contributed by atoms with E-state index >= 15 is 0 Å². The van der Waals surface area contributed by atoms with Gasteiger partial charge in [-0.05, 0) is 6.07 Å². The van der Waals surface area contributed by atoms with E-state index in [2.05, 4.69) is 10.3 Å². The summed E-state index contributed by atoms with van der Waals surface area (Å²) in [5.74, 6) is 1.43. The van der Waals surface area contributed by atoms with Gasteiger partial charge in [-0.1, -0.05) is 23.4 Å². The third-order valence-electron chi connectivity index (χ3n) is 2.46. The average Bonchev–Trinajstić information content (AvgIpc) is 2.78. The van der Waals surface area contributed by atoms with Crippen molar-refractivity contribution >= 4 is 11.6 Å². The smallest absolute Gasteiger partial charge is 0.123 e. The van der Waals surface area contributed by atoms with Crippen LogP contribution in [-0.4, -0.2) is 28.0 Å². The number of aromatic nitrogens is 3. The zero-order valence-corrected chi connectivity index (χ0v) is 10.4. The van der Waals surface area contributed by atoms with Gasteiger partial charge in [0, 0.05) is 24.1 Å². The molecule has 4 nitrogen and oxygen atoms in total. The number of rotatable bonds is 5. The molecular formula is C12H14ClN3O. The molecule has 0 N–H and O–H groups in total. The molecule has 90 valence electrons. The van der Waals surface area contributed by atoms with Gasteiger partial charge in [0.1, 0.15) is 5.75 Å². The van der Waals surface area contributed by atoms with Crippen molar-refractivity contribution in [1.82, 2.24) is 15.0 Å². The summed E-state index contributed by atoms with van der Waals surface area (Å²) in [5, 5.41) is 8.10. The number of methoxy groups -OCH3 is 1. The number of ether oxygens (including phenoxy) is 1. The third kappa shape index (κ3) is 2.97. The highest BCUT2D eigenvalue weighted by Gasteiger charge is 2.05.